The topological polar surface area (TPSA) is 95.9 Å². The molecule has 0 fully saturated rings. The predicted octanol–water partition coefficient (Wildman–Crippen LogP) is 0.933. The molecule has 1 aliphatic heterocycles. The van der Waals surface area contributed by atoms with E-state index in [1.807, 2.05) is 6.92 Å². The molecule has 1 aromatic carbocycles. The van der Waals surface area contributed by atoms with Gasteiger partial charge < -0.3 is 20.3 Å². The molecule has 6 nitrogen and oxygen atoms in total. The number of rotatable bonds is 5. The summed E-state index contributed by atoms with van der Waals surface area (Å²) < 4.78 is 5.18. The van der Waals surface area contributed by atoms with Crippen molar-refractivity contribution in [2.45, 2.75) is 25.2 Å². The lowest BCUT2D eigenvalue weighted by Gasteiger charge is -2.31. The number of hydrogen-bond acceptors (Lipinski definition) is 7. The zero-order valence-corrected chi connectivity index (χ0v) is 14.3. The monoisotopic (exact) mass is 349 g/mol. The van der Waals surface area contributed by atoms with Gasteiger partial charge in [0.05, 0.1) is 0 Å². The Bertz CT molecular complexity index is 746. The van der Waals surface area contributed by atoms with Gasteiger partial charge in [-0.25, -0.2) is 4.79 Å². The van der Waals surface area contributed by atoms with E-state index in [4.69, 9.17) is 4.74 Å². The van der Waals surface area contributed by atoms with Crippen molar-refractivity contribution in [3.05, 3.63) is 46.7 Å². The largest absolute Gasteiger partial charge is 0.461 e. The van der Waals surface area contributed by atoms with Crippen molar-refractivity contribution in [3.63, 3.8) is 0 Å². The highest BCUT2D eigenvalue weighted by Gasteiger charge is 2.70. The van der Waals surface area contributed by atoms with Gasteiger partial charge in [-0.3, -0.25) is 4.79 Å². The van der Waals surface area contributed by atoms with Crippen molar-refractivity contribution in [1.82, 2.24) is 5.32 Å². The van der Waals surface area contributed by atoms with Crippen LogP contribution in [0.2, 0.25) is 0 Å². The molecular formula is C17H19NO5S. The molecule has 0 unspecified atom stereocenters. The first-order chi connectivity index (χ1) is 11.4. The Morgan fingerprint density at radius 2 is 2.04 bits per heavy atom. The molecule has 0 aromatic heterocycles. The van der Waals surface area contributed by atoms with Crippen LogP contribution in [0, 0.1) is 0 Å². The van der Waals surface area contributed by atoms with E-state index in [9.17, 15) is 19.8 Å². The first-order valence-electron chi connectivity index (χ1n) is 7.71. The Kier molecular flexibility index (Phi) is 4.19. The van der Waals surface area contributed by atoms with Gasteiger partial charge in [0.2, 0.25) is 17.1 Å². The third-order valence-electron chi connectivity index (χ3n) is 4.39. The minimum Gasteiger partial charge on any atom is -0.461 e. The molecule has 0 saturated heterocycles. The van der Waals surface area contributed by atoms with E-state index in [0.29, 0.717) is 5.75 Å². The van der Waals surface area contributed by atoms with E-state index in [-0.39, 0.29) is 29.0 Å². The molecule has 2 aliphatic rings. The molecule has 0 amide bonds. The van der Waals surface area contributed by atoms with Gasteiger partial charge in [0.15, 0.2) is 0 Å². The number of carbonyl (C=O) groups excluding carboxylic acids is 2. The highest BCUT2D eigenvalue weighted by atomic mass is 32.2. The van der Waals surface area contributed by atoms with Gasteiger partial charge in [-0.15, -0.1) is 0 Å². The van der Waals surface area contributed by atoms with E-state index < -0.39 is 23.1 Å². The molecule has 1 aliphatic carbocycles. The summed E-state index contributed by atoms with van der Waals surface area (Å²) in [7, 11) is 0. The standard InChI is InChI=1S/C17H19NO5S/c1-3-24-9-8-23-15(20)13-10(2)18-17(22)12-7-5-4-6-11(12)14(19)16(13,17)21/h4-7,18,21-22H,3,8-9H2,1-2H3/t16-,17-/m0/s1. The van der Waals surface area contributed by atoms with Gasteiger partial charge >= 0.3 is 5.97 Å². The second-order valence-corrected chi connectivity index (χ2v) is 7.15. The van der Waals surface area contributed by atoms with Crippen LogP contribution >= 0.6 is 11.8 Å². The van der Waals surface area contributed by atoms with Crippen LogP contribution in [-0.2, 0) is 15.3 Å². The summed E-state index contributed by atoms with van der Waals surface area (Å²) in [6.07, 6.45) is 0. The van der Waals surface area contributed by atoms with Gasteiger partial charge in [0.1, 0.15) is 12.2 Å². The van der Waals surface area contributed by atoms with Crippen LogP contribution < -0.4 is 5.32 Å². The van der Waals surface area contributed by atoms with Gasteiger partial charge in [-0.1, -0.05) is 31.2 Å². The van der Waals surface area contributed by atoms with Crippen LogP contribution in [0.3, 0.4) is 0 Å². The van der Waals surface area contributed by atoms with Crippen molar-refractivity contribution in [1.29, 1.82) is 0 Å². The normalized spacial score (nSPS) is 27.8. The number of Topliss-reactive ketones (excluding diaryl/α,β-unsaturated/α-hetero) is 1. The fraction of sp³-hybridized carbons (Fsp3) is 0.412. The first kappa shape index (κ1) is 17.0. The molecule has 3 N–H and O–H groups in total. The second kappa shape index (κ2) is 5.91. The Morgan fingerprint density at radius 3 is 2.75 bits per heavy atom. The number of carbonyl (C=O) groups is 2. The molecule has 0 bridgehead atoms. The van der Waals surface area contributed by atoms with Crippen LogP contribution in [0.4, 0.5) is 0 Å². The quantitative estimate of drug-likeness (QED) is 0.538. The average molecular weight is 349 g/mol. The number of esters is 1. The number of ether oxygens (including phenoxy) is 1. The number of aliphatic hydroxyl groups is 2. The Morgan fingerprint density at radius 1 is 1.33 bits per heavy atom. The van der Waals surface area contributed by atoms with E-state index in [0.717, 1.165) is 5.75 Å². The lowest BCUT2D eigenvalue weighted by Crippen LogP contribution is -2.56. The maximum absolute atomic E-state index is 12.7. The molecule has 0 saturated carbocycles. The first-order valence-corrected chi connectivity index (χ1v) is 8.86. The maximum atomic E-state index is 12.7. The van der Waals surface area contributed by atoms with Crippen molar-refractivity contribution < 1.29 is 24.5 Å². The summed E-state index contributed by atoms with van der Waals surface area (Å²) >= 11 is 1.61. The summed E-state index contributed by atoms with van der Waals surface area (Å²) in [6.45, 7) is 3.70. The van der Waals surface area contributed by atoms with Crippen LogP contribution in [0.25, 0.3) is 0 Å². The van der Waals surface area contributed by atoms with Crippen molar-refractivity contribution in [3.8, 4) is 0 Å². The van der Waals surface area contributed by atoms with Gasteiger partial charge in [-0.2, -0.15) is 11.8 Å². The van der Waals surface area contributed by atoms with E-state index >= 15 is 0 Å². The Balaban J connectivity index is 1.95. The van der Waals surface area contributed by atoms with E-state index in [1.54, 1.807) is 30.0 Å². The summed E-state index contributed by atoms with van der Waals surface area (Å²) in [6, 6.07) is 6.37. The lowest BCUT2D eigenvalue weighted by molar-refractivity contribution is -0.146. The number of ketones is 1. The Hall–Kier alpha value is -1.83. The van der Waals surface area contributed by atoms with E-state index in [2.05, 4.69) is 5.32 Å². The van der Waals surface area contributed by atoms with Crippen molar-refractivity contribution in [2.24, 2.45) is 0 Å². The molecule has 1 heterocycles. The smallest absolute Gasteiger partial charge is 0.339 e. The van der Waals surface area contributed by atoms with Gasteiger partial charge in [0.25, 0.3) is 0 Å². The van der Waals surface area contributed by atoms with Crippen LogP contribution in [0.1, 0.15) is 29.8 Å². The molecule has 128 valence electrons. The van der Waals surface area contributed by atoms with Crippen LogP contribution in [0.5, 0.6) is 0 Å². The van der Waals surface area contributed by atoms with Crippen LogP contribution in [0.15, 0.2) is 35.5 Å². The number of thioether (sulfide) groups is 1. The number of hydrogen-bond donors (Lipinski definition) is 3. The summed E-state index contributed by atoms with van der Waals surface area (Å²) in [5.41, 5.74) is -3.99. The minimum absolute atomic E-state index is 0.170. The number of nitrogens with one attached hydrogen (secondary N) is 1. The second-order valence-electron chi connectivity index (χ2n) is 5.75. The molecule has 7 heteroatoms. The van der Waals surface area contributed by atoms with Gasteiger partial charge in [-0.05, 0) is 12.7 Å². The molecular weight excluding hydrogens is 330 g/mol. The number of fused-ring (bicyclic) bond motifs is 3. The van der Waals surface area contributed by atoms with Crippen molar-refractivity contribution in [2.75, 3.05) is 18.1 Å². The summed E-state index contributed by atoms with van der Waals surface area (Å²) in [5, 5.41) is 24.7. The minimum atomic E-state index is -2.38. The summed E-state index contributed by atoms with van der Waals surface area (Å²) in [4.78, 5) is 25.2. The predicted molar refractivity (Wildman–Crippen MR) is 89.4 cm³/mol. The number of benzene rings is 1. The highest BCUT2D eigenvalue weighted by Crippen LogP contribution is 2.51. The molecule has 24 heavy (non-hydrogen) atoms. The molecule has 1 aromatic rings. The summed E-state index contributed by atoms with van der Waals surface area (Å²) in [5.74, 6) is 0.0214. The number of allylic oxidation sites excluding steroid dienone is 1. The fourth-order valence-corrected chi connectivity index (χ4v) is 3.81. The SMILES string of the molecule is CCSCCOC(=O)C1=C(C)N[C@]2(O)c3ccccc3C(=O)[C@@]12O. The molecule has 3 rings (SSSR count). The molecule has 2 atom stereocenters. The van der Waals surface area contributed by atoms with Gasteiger partial charge in [0, 0.05) is 22.6 Å². The fourth-order valence-electron chi connectivity index (χ4n) is 3.32. The van der Waals surface area contributed by atoms with Crippen molar-refractivity contribution >= 4 is 23.5 Å². The molecule has 0 radical (unpaired) electrons. The third kappa shape index (κ3) is 2.12. The lowest BCUT2D eigenvalue weighted by atomic mass is 9.85. The third-order valence-corrected chi connectivity index (χ3v) is 5.25. The zero-order chi connectivity index (χ0) is 17.5. The maximum Gasteiger partial charge on any atom is 0.339 e. The van der Waals surface area contributed by atoms with E-state index in [1.165, 1.54) is 13.0 Å². The zero-order valence-electron chi connectivity index (χ0n) is 13.5. The average Bonchev–Trinajstić information content (AvgIpc) is 2.87. The Labute approximate surface area is 143 Å². The highest BCUT2D eigenvalue weighted by molar-refractivity contribution is 7.99. The van der Waals surface area contributed by atoms with Crippen LogP contribution in [-0.4, -0.2) is 45.7 Å². The molecule has 0 spiro atoms.